The molecule has 0 saturated carbocycles. The summed E-state index contributed by atoms with van der Waals surface area (Å²) in [6.45, 7) is 0.492. The molecule has 1 aromatic carbocycles. The average Bonchev–Trinajstić information content (AvgIpc) is 2.76. The van der Waals surface area contributed by atoms with Crippen molar-refractivity contribution < 1.29 is 14.0 Å². The second-order valence-electron chi connectivity index (χ2n) is 3.47. The fourth-order valence-electron chi connectivity index (χ4n) is 1.45. The number of anilines is 1. The standard InChI is InChI=1S/C12H14N2O3/c1-15-10-4-2-3-5-11(10)16-7-6-9-8-12(13)17-14-9/h2-5,8H,6-7,13H2,1H3. The van der Waals surface area contributed by atoms with Gasteiger partial charge in [0.2, 0.25) is 5.88 Å². The molecule has 1 heterocycles. The molecule has 0 atom stereocenters. The zero-order valence-corrected chi connectivity index (χ0v) is 9.55. The third-order valence-corrected chi connectivity index (χ3v) is 2.26. The Morgan fingerprint density at radius 2 is 2.06 bits per heavy atom. The number of aromatic nitrogens is 1. The van der Waals surface area contributed by atoms with Gasteiger partial charge in [-0.1, -0.05) is 17.3 Å². The Morgan fingerprint density at radius 3 is 2.71 bits per heavy atom. The van der Waals surface area contributed by atoms with Gasteiger partial charge in [-0.25, -0.2) is 0 Å². The van der Waals surface area contributed by atoms with E-state index in [2.05, 4.69) is 5.16 Å². The first-order valence-electron chi connectivity index (χ1n) is 5.26. The lowest BCUT2D eigenvalue weighted by Gasteiger charge is -2.09. The van der Waals surface area contributed by atoms with Crippen LogP contribution in [0.5, 0.6) is 11.5 Å². The number of methoxy groups -OCH3 is 1. The van der Waals surface area contributed by atoms with Crippen molar-refractivity contribution >= 4 is 5.88 Å². The number of ether oxygens (including phenoxy) is 2. The maximum absolute atomic E-state index is 5.59. The Hall–Kier alpha value is -2.17. The lowest BCUT2D eigenvalue weighted by Crippen LogP contribution is -2.02. The second kappa shape index (κ2) is 5.25. The Kier molecular flexibility index (Phi) is 3.49. The molecule has 0 radical (unpaired) electrons. The lowest BCUT2D eigenvalue weighted by molar-refractivity contribution is 0.294. The van der Waals surface area contributed by atoms with Crippen LogP contribution in [0.3, 0.4) is 0 Å². The summed E-state index contributed by atoms with van der Waals surface area (Å²) >= 11 is 0. The molecule has 0 aliphatic carbocycles. The van der Waals surface area contributed by atoms with Gasteiger partial charge < -0.3 is 19.7 Å². The Morgan fingerprint density at radius 1 is 1.29 bits per heavy atom. The molecular formula is C12H14N2O3. The van der Waals surface area contributed by atoms with E-state index in [4.69, 9.17) is 19.7 Å². The van der Waals surface area contributed by atoms with E-state index in [-0.39, 0.29) is 0 Å². The van der Waals surface area contributed by atoms with Gasteiger partial charge in [-0.3, -0.25) is 0 Å². The van der Waals surface area contributed by atoms with Crippen LogP contribution < -0.4 is 15.2 Å². The summed E-state index contributed by atoms with van der Waals surface area (Å²) in [6.07, 6.45) is 0.638. The topological polar surface area (TPSA) is 70.5 Å². The molecule has 0 fully saturated rings. The van der Waals surface area contributed by atoms with Gasteiger partial charge in [0.05, 0.1) is 19.4 Å². The van der Waals surface area contributed by atoms with Gasteiger partial charge in [0, 0.05) is 12.5 Å². The first-order chi connectivity index (χ1) is 8.29. The third kappa shape index (κ3) is 2.90. The highest BCUT2D eigenvalue weighted by molar-refractivity contribution is 5.39. The number of hydrogen-bond donors (Lipinski definition) is 1. The van der Waals surface area contributed by atoms with Gasteiger partial charge in [0.15, 0.2) is 11.5 Å². The Balaban J connectivity index is 1.89. The average molecular weight is 234 g/mol. The molecule has 5 heteroatoms. The minimum absolute atomic E-state index is 0.317. The molecule has 90 valence electrons. The fraction of sp³-hybridized carbons (Fsp3) is 0.250. The first kappa shape index (κ1) is 11.3. The maximum Gasteiger partial charge on any atom is 0.222 e. The lowest BCUT2D eigenvalue weighted by atomic mass is 10.3. The summed E-state index contributed by atoms with van der Waals surface area (Å²) in [5.41, 5.74) is 6.19. The van der Waals surface area contributed by atoms with Gasteiger partial charge in [-0.2, -0.15) is 0 Å². The van der Waals surface area contributed by atoms with Gasteiger partial charge in [0.1, 0.15) is 0 Å². The van der Waals surface area contributed by atoms with E-state index in [9.17, 15) is 0 Å². The number of rotatable bonds is 5. The van der Waals surface area contributed by atoms with Crippen molar-refractivity contribution in [3.05, 3.63) is 36.0 Å². The molecule has 0 spiro atoms. The van der Waals surface area contributed by atoms with E-state index in [0.29, 0.717) is 30.4 Å². The van der Waals surface area contributed by atoms with Crippen LogP contribution in [-0.2, 0) is 6.42 Å². The molecule has 1 aromatic heterocycles. The van der Waals surface area contributed by atoms with E-state index in [1.54, 1.807) is 13.2 Å². The highest BCUT2D eigenvalue weighted by Gasteiger charge is 2.04. The van der Waals surface area contributed by atoms with Gasteiger partial charge in [-0.15, -0.1) is 0 Å². The molecule has 0 unspecified atom stereocenters. The molecule has 0 amide bonds. The summed E-state index contributed by atoms with van der Waals surface area (Å²) in [4.78, 5) is 0. The molecule has 2 rings (SSSR count). The Labute approximate surface area is 99.1 Å². The number of nitrogen functional groups attached to an aromatic ring is 1. The molecule has 5 nitrogen and oxygen atoms in total. The highest BCUT2D eigenvalue weighted by atomic mass is 16.5. The van der Waals surface area contributed by atoms with Crippen LogP contribution in [0, 0.1) is 0 Å². The zero-order chi connectivity index (χ0) is 12.1. The molecular weight excluding hydrogens is 220 g/mol. The maximum atomic E-state index is 5.59. The van der Waals surface area contributed by atoms with Gasteiger partial charge >= 0.3 is 0 Å². The molecule has 0 aliphatic rings. The van der Waals surface area contributed by atoms with E-state index in [0.717, 1.165) is 5.69 Å². The van der Waals surface area contributed by atoms with E-state index in [1.807, 2.05) is 24.3 Å². The first-order valence-corrected chi connectivity index (χ1v) is 5.26. The number of nitrogens with zero attached hydrogens (tertiary/aromatic N) is 1. The van der Waals surface area contributed by atoms with Crippen LogP contribution >= 0.6 is 0 Å². The summed E-state index contributed by atoms with van der Waals surface area (Å²) < 4.78 is 15.5. The van der Waals surface area contributed by atoms with Crippen LogP contribution in [0.15, 0.2) is 34.9 Å². The summed E-state index contributed by atoms with van der Waals surface area (Å²) in [5, 5.41) is 3.78. The highest BCUT2D eigenvalue weighted by Crippen LogP contribution is 2.25. The van der Waals surface area contributed by atoms with E-state index < -0.39 is 0 Å². The number of hydrogen-bond acceptors (Lipinski definition) is 5. The van der Waals surface area contributed by atoms with Crippen molar-refractivity contribution in [1.82, 2.24) is 5.16 Å². The molecule has 2 aromatic rings. The van der Waals surface area contributed by atoms with Crippen LogP contribution in [0.25, 0.3) is 0 Å². The van der Waals surface area contributed by atoms with Gasteiger partial charge in [0.25, 0.3) is 0 Å². The van der Waals surface area contributed by atoms with Crippen molar-refractivity contribution in [1.29, 1.82) is 0 Å². The fourth-order valence-corrected chi connectivity index (χ4v) is 1.45. The molecule has 0 saturated heterocycles. The quantitative estimate of drug-likeness (QED) is 0.855. The predicted molar refractivity (Wildman–Crippen MR) is 63.1 cm³/mol. The van der Waals surface area contributed by atoms with Crippen molar-refractivity contribution in [3.8, 4) is 11.5 Å². The smallest absolute Gasteiger partial charge is 0.222 e. The molecule has 2 N–H and O–H groups in total. The third-order valence-electron chi connectivity index (χ3n) is 2.26. The van der Waals surface area contributed by atoms with Crippen LogP contribution in [0.1, 0.15) is 5.69 Å². The van der Waals surface area contributed by atoms with Crippen LogP contribution in [0.4, 0.5) is 5.88 Å². The van der Waals surface area contributed by atoms with Crippen molar-refractivity contribution in [2.24, 2.45) is 0 Å². The second-order valence-corrected chi connectivity index (χ2v) is 3.47. The van der Waals surface area contributed by atoms with Crippen molar-refractivity contribution in [2.45, 2.75) is 6.42 Å². The zero-order valence-electron chi connectivity index (χ0n) is 9.55. The SMILES string of the molecule is COc1ccccc1OCCc1cc(N)on1. The van der Waals surface area contributed by atoms with E-state index >= 15 is 0 Å². The Bertz CT molecular complexity index is 482. The van der Waals surface area contributed by atoms with E-state index in [1.165, 1.54) is 0 Å². The number of nitrogens with two attached hydrogens (primary N) is 1. The predicted octanol–water partition coefficient (Wildman–Crippen LogP) is 1.89. The molecule has 17 heavy (non-hydrogen) atoms. The van der Waals surface area contributed by atoms with Crippen LogP contribution in [-0.4, -0.2) is 18.9 Å². The summed E-state index contributed by atoms with van der Waals surface area (Å²) in [5.74, 6) is 1.75. The number of para-hydroxylation sites is 2. The number of benzene rings is 1. The summed E-state index contributed by atoms with van der Waals surface area (Å²) in [6, 6.07) is 9.18. The minimum atomic E-state index is 0.317. The van der Waals surface area contributed by atoms with Crippen LogP contribution in [0.2, 0.25) is 0 Å². The van der Waals surface area contributed by atoms with Gasteiger partial charge in [-0.05, 0) is 12.1 Å². The normalized spacial score (nSPS) is 10.2. The summed E-state index contributed by atoms with van der Waals surface area (Å²) in [7, 11) is 1.61. The molecule has 0 bridgehead atoms. The monoisotopic (exact) mass is 234 g/mol. The van der Waals surface area contributed by atoms with Crippen molar-refractivity contribution in [2.75, 3.05) is 19.5 Å². The van der Waals surface area contributed by atoms with Crippen molar-refractivity contribution in [3.63, 3.8) is 0 Å². The molecule has 0 aliphatic heterocycles. The largest absolute Gasteiger partial charge is 0.493 e. The minimum Gasteiger partial charge on any atom is -0.493 e.